The number of fused-ring (bicyclic) bond motifs is 2. The second kappa shape index (κ2) is 7.54. The molecule has 0 spiro atoms. The molecule has 14 heteroatoms. The summed E-state index contributed by atoms with van der Waals surface area (Å²) in [4.78, 5) is 26.5. The van der Waals surface area contributed by atoms with Crippen LogP contribution in [-0.2, 0) is 24.1 Å². The zero-order chi connectivity index (χ0) is 20.9. The summed E-state index contributed by atoms with van der Waals surface area (Å²) in [7, 11) is -4.24. The van der Waals surface area contributed by atoms with Gasteiger partial charge in [-0.3, -0.25) is 18.6 Å². The summed E-state index contributed by atoms with van der Waals surface area (Å²) in [5.41, 5.74) is 7.67. The SMILES string of the molecule is Nc1ncnc2c1nc(SCc1cccnc1)n2[C@@H]1O[C@@H]2COP(=O)(O)O[C@H]2[C@H]1O. The van der Waals surface area contributed by atoms with Crippen LogP contribution in [0.4, 0.5) is 5.82 Å². The summed E-state index contributed by atoms with van der Waals surface area (Å²) >= 11 is 1.38. The Balaban J connectivity index is 1.53. The van der Waals surface area contributed by atoms with Crippen LogP contribution in [0.15, 0.2) is 36.0 Å². The standard InChI is InChI=1S/C16H17N6O6PS/c17-13-10-14(20-7-19-13)22(16(21-10)30-6-8-2-1-3-18-4-8)15-11(23)12-9(27-15)5-26-29(24,25)28-12/h1-4,7,9,11-12,15,23H,5-6H2,(H,24,25)(H2,17,19,20)/t9-,11-,12-,15-/m1/s1. The van der Waals surface area contributed by atoms with E-state index in [0.717, 1.165) is 5.56 Å². The molecule has 3 aromatic rings. The van der Waals surface area contributed by atoms with Gasteiger partial charge in [0.1, 0.15) is 24.6 Å². The van der Waals surface area contributed by atoms with Gasteiger partial charge in [-0.1, -0.05) is 17.8 Å². The number of aromatic nitrogens is 5. The minimum atomic E-state index is -4.24. The second-order valence-electron chi connectivity index (χ2n) is 6.74. The van der Waals surface area contributed by atoms with Gasteiger partial charge in [0.15, 0.2) is 28.4 Å². The van der Waals surface area contributed by atoms with Gasteiger partial charge < -0.3 is 20.5 Å². The number of imidazole rings is 1. The molecule has 5 heterocycles. The number of anilines is 1. The third-order valence-corrected chi connectivity index (χ3v) is 6.79. The number of ether oxygens (including phenoxy) is 1. The molecule has 2 aliphatic rings. The second-order valence-corrected chi connectivity index (χ2v) is 9.08. The zero-order valence-corrected chi connectivity index (χ0v) is 17.0. The third-order valence-electron chi connectivity index (χ3n) is 4.78. The summed E-state index contributed by atoms with van der Waals surface area (Å²) in [6.45, 7) is -0.187. The van der Waals surface area contributed by atoms with Crippen LogP contribution in [0.25, 0.3) is 11.2 Å². The maximum atomic E-state index is 11.8. The smallest absolute Gasteiger partial charge is 0.386 e. The third kappa shape index (κ3) is 3.48. The highest BCUT2D eigenvalue weighted by molar-refractivity contribution is 7.98. The topological polar surface area (TPSA) is 168 Å². The number of phosphoric acid groups is 1. The first-order valence-corrected chi connectivity index (χ1v) is 11.4. The Labute approximate surface area is 174 Å². The van der Waals surface area contributed by atoms with E-state index in [1.165, 1.54) is 18.1 Å². The van der Waals surface area contributed by atoms with E-state index >= 15 is 0 Å². The molecule has 12 nitrogen and oxygen atoms in total. The average molecular weight is 452 g/mol. The lowest BCUT2D eigenvalue weighted by Gasteiger charge is -2.27. The molecule has 4 N–H and O–H groups in total. The Bertz CT molecular complexity index is 1130. The summed E-state index contributed by atoms with van der Waals surface area (Å²) in [5.74, 6) is 0.734. The normalized spacial score (nSPS) is 31.1. The molecule has 0 radical (unpaired) electrons. The maximum Gasteiger partial charge on any atom is 0.472 e. The Morgan fingerprint density at radius 1 is 1.40 bits per heavy atom. The molecule has 1 unspecified atom stereocenters. The maximum absolute atomic E-state index is 11.8. The molecule has 2 aliphatic heterocycles. The fraction of sp³-hybridized carbons (Fsp3) is 0.375. The largest absolute Gasteiger partial charge is 0.472 e. The number of rotatable bonds is 4. The number of nitrogens with zero attached hydrogens (tertiary/aromatic N) is 5. The van der Waals surface area contributed by atoms with Crippen LogP contribution >= 0.6 is 19.6 Å². The Morgan fingerprint density at radius 2 is 2.27 bits per heavy atom. The first-order valence-electron chi connectivity index (χ1n) is 8.92. The van der Waals surface area contributed by atoms with Crippen LogP contribution in [0, 0.1) is 0 Å². The zero-order valence-electron chi connectivity index (χ0n) is 15.3. The van der Waals surface area contributed by atoms with Crippen molar-refractivity contribution in [3.05, 3.63) is 36.4 Å². The number of nitrogen functional groups attached to an aromatic ring is 1. The Hall–Kier alpha value is -2.12. The number of aliphatic hydroxyl groups excluding tert-OH is 1. The van der Waals surface area contributed by atoms with E-state index in [-0.39, 0.29) is 12.4 Å². The van der Waals surface area contributed by atoms with Gasteiger partial charge in [0, 0.05) is 18.1 Å². The van der Waals surface area contributed by atoms with Crippen molar-refractivity contribution in [2.75, 3.05) is 12.3 Å². The van der Waals surface area contributed by atoms with Crippen molar-refractivity contribution < 1.29 is 28.3 Å². The fourth-order valence-electron chi connectivity index (χ4n) is 3.42. The first-order chi connectivity index (χ1) is 14.4. The lowest BCUT2D eigenvalue weighted by molar-refractivity contribution is -0.0684. The van der Waals surface area contributed by atoms with Crippen LogP contribution in [0.3, 0.4) is 0 Å². The van der Waals surface area contributed by atoms with E-state index < -0.39 is 32.4 Å². The Morgan fingerprint density at radius 3 is 3.07 bits per heavy atom. The number of aliphatic hydroxyl groups is 1. The summed E-state index contributed by atoms with van der Waals surface area (Å²) in [5, 5.41) is 11.3. The lowest BCUT2D eigenvalue weighted by atomic mass is 10.1. The molecule has 158 valence electrons. The molecule has 3 aromatic heterocycles. The van der Waals surface area contributed by atoms with Gasteiger partial charge in [0.25, 0.3) is 0 Å². The van der Waals surface area contributed by atoms with Crippen molar-refractivity contribution >= 4 is 36.6 Å². The summed E-state index contributed by atoms with van der Waals surface area (Å²) < 4.78 is 29.2. The molecule has 0 bridgehead atoms. The predicted molar refractivity (Wildman–Crippen MR) is 104 cm³/mol. The molecule has 30 heavy (non-hydrogen) atoms. The van der Waals surface area contributed by atoms with Gasteiger partial charge in [0.2, 0.25) is 0 Å². The van der Waals surface area contributed by atoms with Gasteiger partial charge in [-0.15, -0.1) is 0 Å². The molecular formula is C16H17N6O6PS. The van der Waals surface area contributed by atoms with Crippen LogP contribution in [0.5, 0.6) is 0 Å². The molecule has 2 fully saturated rings. The quantitative estimate of drug-likeness (QED) is 0.378. The van der Waals surface area contributed by atoms with Gasteiger partial charge >= 0.3 is 7.82 Å². The number of nitrogens with two attached hydrogens (primary N) is 1. The monoisotopic (exact) mass is 452 g/mol. The minimum Gasteiger partial charge on any atom is -0.386 e. The van der Waals surface area contributed by atoms with E-state index in [0.29, 0.717) is 22.1 Å². The number of phosphoric ester groups is 1. The fourth-order valence-corrected chi connectivity index (χ4v) is 5.33. The molecule has 0 aliphatic carbocycles. The minimum absolute atomic E-state index is 0.186. The highest BCUT2D eigenvalue weighted by Gasteiger charge is 2.53. The van der Waals surface area contributed by atoms with Crippen LogP contribution < -0.4 is 5.73 Å². The van der Waals surface area contributed by atoms with Crippen LogP contribution in [-0.4, -0.2) is 59.4 Å². The number of pyridine rings is 1. The van der Waals surface area contributed by atoms with Crippen molar-refractivity contribution in [3.8, 4) is 0 Å². The van der Waals surface area contributed by atoms with Crippen LogP contribution in [0.1, 0.15) is 11.8 Å². The number of thioether (sulfide) groups is 1. The highest BCUT2D eigenvalue weighted by Crippen LogP contribution is 2.53. The molecule has 5 atom stereocenters. The molecule has 2 saturated heterocycles. The Kier molecular flexibility index (Phi) is 4.98. The highest BCUT2D eigenvalue weighted by atomic mass is 32.2. The number of hydrogen-bond acceptors (Lipinski definition) is 11. The molecule has 0 aromatic carbocycles. The van der Waals surface area contributed by atoms with Crippen molar-refractivity contribution in [2.45, 2.75) is 35.4 Å². The van der Waals surface area contributed by atoms with Crippen molar-refractivity contribution in [1.82, 2.24) is 24.5 Å². The molecule has 0 amide bonds. The average Bonchev–Trinajstić information content (AvgIpc) is 3.25. The van der Waals surface area contributed by atoms with E-state index in [4.69, 9.17) is 19.5 Å². The predicted octanol–water partition coefficient (Wildman–Crippen LogP) is 0.870. The van der Waals surface area contributed by atoms with Crippen molar-refractivity contribution in [3.63, 3.8) is 0 Å². The molecular weight excluding hydrogens is 435 g/mol. The van der Waals surface area contributed by atoms with Gasteiger partial charge in [-0.05, 0) is 11.6 Å². The van der Waals surface area contributed by atoms with Crippen LogP contribution in [0.2, 0.25) is 0 Å². The van der Waals surface area contributed by atoms with E-state index in [1.807, 2.05) is 12.1 Å². The van der Waals surface area contributed by atoms with Gasteiger partial charge in [-0.2, -0.15) is 0 Å². The molecule has 5 rings (SSSR count). The lowest BCUT2D eigenvalue weighted by Crippen LogP contribution is -2.39. The van der Waals surface area contributed by atoms with Gasteiger partial charge in [0.05, 0.1) is 6.61 Å². The van der Waals surface area contributed by atoms with E-state index in [1.54, 1.807) is 17.0 Å². The van der Waals surface area contributed by atoms with E-state index in [9.17, 15) is 14.6 Å². The first kappa shape index (κ1) is 19.8. The van der Waals surface area contributed by atoms with Gasteiger partial charge in [-0.25, -0.2) is 19.5 Å². The molecule has 0 saturated carbocycles. The van der Waals surface area contributed by atoms with Crippen molar-refractivity contribution in [2.24, 2.45) is 0 Å². The van der Waals surface area contributed by atoms with Crippen molar-refractivity contribution in [1.29, 1.82) is 0 Å². The summed E-state index contributed by atoms with van der Waals surface area (Å²) in [6, 6.07) is 3.77. The summed E-state index contributed by atoms with van der Waals surface area (Å²) in [6.07, 6.45) is 0.726. The van der Waals surface area contributed by atoms with E-state index in [2.05, 4.69) is 19.9 Å². The number of hydrogen-bond donors (Lipinski definition) is 3.